The number of aromatic amines is 1. The fraction of sp³-hybridized carbons (Fsp3) is 0.412. The third-order valence-electron chi connectivity index (χ3n) is 3.73. The average molecular weight is 425 g/mol. The molecule has 3 N–H and O–H groups in total. The Hall–Kier alpha value is -2.08. The molecular formula is C17H21FN6O2S2. The molecule has 3 heterocycles. The lowest BCUT2D eigenvalue weighted by Gasteiger charge is -2.23. The summed E-state index contributed by atoms with van der Waals surface area (Å²) in [6.07, 6.45) is 1.54. The first-order chi connectivity index (χ1) is 13.4. The van der Waals surface area contributed by atoms with Crippen LogP contribution < -0.4 is 10.3 Å². The first-order valence-electron chi connectivity index (χ1n) is 8.67. The van der Waals surface area contributed by atoms with Gasteiger partial charge in [0.15, 0.2) is 16.6 Å². The lowest BCUT2D eigenvalue weighted by atomic mass is 10.2. The number of pyridine rings is 1. The van der Waals surface area contributed by atoms with Gasteiger partial charge in [-0.1, -0.05) is 36.9 Å². The molecule has 0 aromatic carbocycles. The summed E-state index contributed by atoms with van der Waals surface area (Å²) in [7, 11) is 0. The Morgan fingerprint density at radius 2 is 2.18 bits per heavy atom. The molecule has 8 nitrogen and oxygen atoms in total. The van der Waals surface area contributed by atoms with E-state index in [9.17, 15) is 14.3 Å². The predicted octanol–water partition coefficient (Wildman–Crippen LogP) is 3.00. The molecule has 0 amide bonds. The second-order valence-corrected chi connectivity index (χ2v) is 8.84. The first-order valence-corrected chi connectivity index (χ1v) is 10.4. The number of aliphatic hydroxyl groups is 1. The monoisotopic (exact) mass is 424 g/mol. The minimum absolute atomic E-state index is 0.221. The van der Waals surface area contributed by atoms with Crippen molar-refractivity contribution < 1.29 is 9.50 Å². The number of anilines is 1. The standard InChI is InChI=1S/C17H21FN6O2S2/c1-9(2)7-24(8-25)23-15-13-14(22-17(26)28-13)20-16(21-15)27-10(3)12-11(18)5-4-6-19-12/h4-6,9-10,25H,7-8H2,1-3H3,(H2,20,21,22,23,26)/t10-/m0/s1. The molecule has 1 atom stereocenters. The Morgan fingerprint density at radius 1 is 1.39 bits per heavy atom. The van der Waals surface area contributed by atoms with E-state index in [1.807, 2.05) is 20.8 Å². The summed E-state index contributed by atoms with van der Waals surface area (Å²) < 4.78 is 14.6. The number of thiazole rings is 1. The molecular weight excluding hydrogens is 403 g/mol. The maximum atomic E-state index is 14.0. The molecule has 0 aliphatic heterocycles. The maximum Gasteiger partial charge on any atom is 0.306 e. The third-order valence-corrected chi connectivity index (χ3v) is 5.58. The van der Waals surface area contributed by atoms with Crippen molar-refractivity contribution in [2.24, 2.45) is 5.92 Å². The van der Waals surface area contributed by atoms with Gasteiger partial charge in [-0.25, -0.2) is 14.4 Å². The minimum Gasteiger partial charge on any atom is -0.379 e. The molecule has 0 aliphatic carbocycles. The van der Waals surface area contributed by atoms with Crippen LogP contribution in [0.3, 0.4) is 0 Å². The van der Waals surface area contributed by atoms with Crippen molar-refractivity contribution >= 4 is 39.3 Å². The molecule has 0 spiro atoms. The molecule has 11 heteroatoms. The van der Waals surface area contributed by atoms with E-state index in [1.54, 1.807) is 5.01 Å². The normalized spacial score (nSPS) is 12.8. The van der Waals surface area contributed by atoms with Gasteiger partial charge in [-0.2, -0.15) is 5.01 Å². The van der Waals surface area contributed by atoms with Gasteiger partial charge in [0.25, 0.3) is 0 Å². The van der Waals surface area contributed by atoms with Crippen LogP contribution in [0.25, 0.3) is 10.3 Å². The zero-order valence-electron chi connectivity index (χ0n) is 15.6. The topological polar surface area (TPSA) is 107 Å². The molecule has 0 saturated carbocycles. The van der Waals surface area contributed by atoms with Crippen LogP contribution in [0.5, 0.6) is 0 Å². The number of nitrogens with zero attached hydrogens (tertiary/aromatic N) is 4. The number of halogens is 1. The van der Waals surface area contributed by atoms with E-state index >= 15 is 0 Å². The zero-order chi connectivity index (χ0) is 20.3. The number of aliphatic hydroxyl groups excluding tert-OH is 1. The average Bonchev–Trinajstić information content (AvgIpc) is 3.01. The van der Waals surface area contributed by atoms with Gasteiger partial charge in [0.1, 0.15) is 17.2 Å². The SMILES string of the molecule is CC(C)CN(CO)Nc1nc(S[C@@H](C)c2ncccc2F)nc2[nH]c(=O)sc12. The first kappa shape index (κ1) is 20.6. The highest BCUT2D eigenvalue weighted by atomic mass is 32.2. The van der Waals surface area contributed by atoms with Crippen molar-refractivity contribution in [3.8, 4) is 0 Å². The van der Waals surface area contributed by atoms with Crippen LogP contribution >= 0.6 is 23.1 Å². The van der Waals surface area contributed by atoms with Crippen LogP contribution in [0, 0.1) is 11.7 Å². The van der Waals surface area contributed by atoms with Gasteiger partial charge in [0, 0.05) is 12.7 Å². The maximum absolute atomic E-state index is 14.0. The Bertz CT molecular complexity index is 1010. The van der Waals surface area contributed by atoms with E-state index in [1.165, 1.54) is 30.1 Å². The van der Waals surface area contributed by atoms with Crippen LogP contribution in [0.1, 0.15) is 31.7 Å². The van der Waals surface area contributed by atoms with Gasteiger partial charge in [-0.3, -0.25) is 20.2 Å². The van der Waals surface area contributed by atoms with Crippen molar-refractivity contribution in [1.82, 2.24) is 24.9 Å². The van der Waals surface area contributed by atoms with Gasteiger partial charge in [0.05, 0.1) is 10.9 Å². The molecule has 0 unspecified atom stereocenters. The van der Waals surface area contributed by atoms with Crippen molar-refractivity contribution in [2.45, 2.75) is 31.2 Å². The Labute approximate surface area is 169 Å². The predicted molar refractivity (Wildman–Crippen MR) is 109 cm³/mol. The van der Waals surface area contributed by atoms with Gasteiger partial charge in [-0.05, 0) is 25.0 Å². The third kappa shape index (κ3) is 4.85. The summed E-state index contributed by atoms with van der Waals surface area (Å²) in [6.45, 7) is 6.23. The quantitative estimate of drug-likeness (QED) is 0.219. The number of rotatable bonds is 8. The van der Waals surface area contributed by atoms with E-state index in [2.05, 4.69) is 25.4 Å². The number of hydrogen-bond acceptors (Lipinski definition) is 9. The summed E-state index contributed by atoms with van der Waals surface area (Å²) in [5, 5.41) is 11.2. The van der Waals surface area contributed by atoms with E-state index in [0.29, 0.717) is 39.5 Å². The summed E-state index contributed by atoms with van der Waals surface area (Å²) in [5.41, 5.74) is 3.76. The van der Waals surface area contributed by atoms with Crippen molar-refractivity contribution in [3.05, 3.63) is 39.5 Å². The highest BCUT2D eigenvalue weighted by molar-refractivity contribution is 7.99. The number of aromatic nitrogens is 4. The Morgan fingerprint density at radius 3 is 2.86 bits per heavy atom. The highest BCUT2D eigenvalue weighted by Gasteiger charge is 2.19. The zero-order valence-corrected chi connectivity index (χ0v) is 17.3. The summed E-state index contributed by atoms with van der Waals surface area (Å²) >= 11 is 2.22. The van der Waals surface area contributed by atoms with E-state index in [4.69, 9.17) is 0 Å². The molecule has 150 valence electrons. The minimum atomic E-state index is -0.394. The largest absolute Gasteiger partial charge is 0.379 e. The van der Waals surface area contributed by atoms with Crippen LogP contribution in [-0.2, 0) is 0 Å². The van der Waals surface area contributed by atoms with Crippen LogP contribution in [0.2, 0.25) is 0 Å². The fourth-order valence-electron chi connectivity index (χ4n) is 2.59. The number of hydrogen-bond donors (Lipinski definition) is 3. The van der Waals surface area contributed by atoms with Crippen LogP contribution in [-0.4, -0.2) is 43.3 Å². The van der Waals surface area contributed by atoms with E-state index < -0.39 is 5.82 Å². The Kier molecular flexibility index (Phi) is 6.60. The van der Waals surface area contributed by atoms with Crippen molar-refractivity contribution in [2.75, 3.05) is 18.7 Å². The van der Waals surface area contributed by atoms with Gasteiger partial charge >= 0.3 is 4.87 Å². The number of thioether (sulfide) groups is 1. The molecule has 3 aromatic rings. The van der Waals surface area contributed by atoms with Crippen molar-refractivity contribution in [1.29, 1.82) is 0 Å². The van der Waals surface area contributed by atoms with E-state index in [0.717, 1.165) is 11.3 Å². The molecule has 0 fully saturated rings. The van der Waals surface area contributed by atoms with Crippen molar-refractivity contribution in [3.63, 3.8) is 0 Å². The summed E-state index contributed by atoms with van der Waals surface area (Å²) in [4.78, 5) is 27.2. The molecule has 3 rings (SSSR count). The molecule has 3 aromatic heterocycles. The fourth-order valence-corrected chi connectivity index (χ4v) is 4.20. The van der Waals surface area contributed by atoms with Crippen LogP contribution in [0.4, 0.5) is 10.2 Å². The summed E-state index contributed by atoms with van der Waals surface area (Å²) in [5.74, 6) is 0.330. The lowest BCUT2D eigenvalue weighted by Crippen LogP contribution is -2.34. The summed E-state index contributed by atoms with van der Waals surface area (Å²) in [6, 6.07) is 2.90. The van der Waals surface area contributed by atoms with Crippen LogP contribution in [0.15, 0.2) is 28.3 Å². The molecule has 0 radical (unpaired) electrons. The van der Waals surface area contributed by atoms with Gasteiger partial charge in [0.2, 0.25) is 0 Å². The number of nitrogens with one attached hydrogen (secondary N) is 2. The number of H-pyrrole nitrogens is 1. The van der Waals surface area contributed by atoms with E-state index in [-0.39, 0.29) is 16.9 Å². The number of hydrazine groups is 1. The van der Waals surface area contributed by atoms with Gasteiger partial charge in [-0.15, -0.1) is 0 Å². The highest BCUT2D eigenvalue weighted by Crippen LogP contribution is 2.35. The molecule has 0 saturated heterocycles. The molecule has 28 heavy (non-hydrogen) atoms. The number of fused-ring (bicyclic) bond motifs is 1. The second-order valence-electron chi connectivity index (χ2n) is 6.55. The second kappa shape index (κ2) is 8.95. The smallest absolute Gasteiger partial charge is 0.306 e. The lowest BCUT2D eigenvalue weighted by molar-refractivity contribution is 0.120. The Balaban J connectivity index is 1.93. The molecule has 0 aliphatic rings. The van der Waals surface area contributed by atoms with Gasteiger partial charge < -0.3 is 5.11 Å². The molecule has 0 bridgehead atoms.